The highest BCUT2D eigenvalue weighted by molar-refractivity contribution is 6.09. The highest BCUT2D eigenvalue weighted by Crippen LogP contribution is 2.37. The van der Waals surface area contributed by atoms with E-state index < -0.39 is 0 Å². The van der Waals surface area contributed by atoms with Crippen LogP contribution >= 0.6 is 0 Å². The summed E-state index contributed by atoms with van der Waals surface area (Å²) in [6.07, 6.45) is 13.7. The van der Waals surface area contributed by atoms with Crippen LogP contribution in [-0.4, -0.2) is 24.1 Å². The largest absolute Gasteiger partial charge is 0.309 e. The Balaban J connectivity index is 1.37. The van der Waals surface area contributed by atoms with E-state index in [4.69, 9.17) is 4.98 Å². The van der Waals surface area contributed by atoms with Gasteiger partial charge in [-0.1, -0.05) is 72.8 Å². The molecule has 0 radical (unpaired) electrons. The Morgan fingerprint density at radius 3 is 2.11 bits per heavy atom. The fourth-order valence-corrected chi connectivity index (χ4v) is 6.58. The second-order valence-corrected chi connectivity index (χ2v) is 11.1. The van der Waals surface area contributed by atoms with Gasteiger partial charge in [-0.15, -0.1) is 5.73 Å². The number of allylic oxidation sites excluding steroid dienone is 2. The number of para-hydroxylation sites is 2. The van der Waals surface area contributed by atoms with Gasteiger partial charge in [0, 0.05) is 56.6 Å². The lowest BCUT2D eigenvalue weighted by Crippen LogP contribution is -2.02. The van der Waals surface area contributed by atoms with Gasteiger partial charge in [0.05, 0.1) is 33.6 Å². The van der Waals surface area contributed by atoms with Crippen LogP contribution in [0.4, 0.5) is 0 Å². The van der Waals surface area contributed by atoms with Crippen LogP contribution in [0.1, 0.15) is 11.3 Å². The van der Waals surface area contributed by atoms with Gasteiger partial charge in [0.2, 0.25) is 0 Å². The van der Waals surface area contributed by atoms with Crippen LogP contribution in [0.15, 0.2) is 146 Å². The molecule has 0 saturated heterocycles. The highest BCUT2D eigenvalue weighted by atomic mass is 15.0. The zero-order valence-corrected chi connectivity index (χ0v) is 24.2. The van der Waals surface area contributed by atoms with Gasteiger partial charge in [-0.05, 0) is 60.7 Å². The first-order chi connectivity index (χ1) is 22.3. The molecule has 1 aliphatic carbocycles. The molecule has 5 nitrogen and oxygen atoms in total. The van der Waals surface area contributed by atoms with Crippen molar-refractivity contribution in [2.75, 3.05) is 0 Å². The summed E-state index contributed by atoms with van der Waals surface area (Å²) >= 11 is 0. The first-order valence-corrected chi connectivity index (χ1v) is 14.9. The smallest absolute Gasteiger partial charge is 0.116 e. The van der Waals surface area contributed by atoms with E-state index in [2.05, 4.69) is 134 Å². The Morgan fingerprint density at radius 2 is 1.27 bits per heavy atom. The van der Waals surface area contributed by atoms with Crippen molar-refractivity contribution in [3.8, 4) is 33.9 Å². The SMILES string of the molecule is C1=CC=Cc2c(c3ccccc3n2-c2cc(-c3cc(-c4ccccc4)ncn3)cc(-n3c4ccccc4c4cnccc43)c2)C=1. The summed E-state index contributed by atoms with van der Waals surface area (Å²) in [5.41, 5.74) is 14.8. The number of nitrogens with zero attached hydrogens (tertiary/aromatic N) is 5. The average molecular weight is 576 g/mol. The van der Waals surface area contributed by atoms with E-state index >= 15 is 0 Å². The van der Waals surface area contributed by atoms with Gasteiger partial charge in [0.25, 0.3) is 0 Å². The third-order valence-electron chi connectivity index (χ3n) is 8.55. The molecule has 4 heterocycles. The molecule has 0 fully saturated rings. The Bertz CT molecular complexity index is 2470. The van der Waals surface area contributed by atoms with Crippen molar-refractivity contribution in [1.82, 2.24) is 24.1 Å². The molecule has 0 spiro atoms. The van der Waals surface area contributed by atoms with Crippen molar-refractivity contribution in [2.24, 2.45) is 0 Å². The van der Waals surface area contributed by atoms with Gasteiger partial charge in [-0.25, -0.2) is 9.97 Å². The summed E-state index contributed by atoms with van der Waals surface area (Å²) in [7, 11) is 0. The van der Waals surface area contributed by atoms with Crippen LogP contribution in [-0.2, 0) is 0 Å². The molecule has 4 aromatic carbocycles. The first-order valence-electron chi connectivity index (χ1n) is 14.9. The first kappa shape index (κ1) is 25.2. The van der Waals surface area contributed by atoms with Crippen molar-refractivity contribution in [3.63, 3.8) is 0 Å². The molecule has 1 aliphatic rings. The van der Waals surface area contributed by atoms with Crippen molar-refractivity contribution in [1.29, 1.82) is 0 Å². The lowest BCUT2D eigenvalue weighted by Gasteiger charge is -2.16. The van der Waals surface area contributed by atoms with Gasteiger partial charge >= 0.3 is 0 Å². The Kier molecular flexibility index (Phi) is 5.70. The molecule has 0 bridgehead atoms. The van der Waals surface area contributed by atoms with Gasteiger partial charge in [-0.2, -0.15) is 0 Å². The van der Waals surface area contributed by atoms with Crippen LogP contribution in [0, 0.1) is 0 Å². The topological polar surface area (TPSA) is 48.5 Å². The maximum Gasteiger partial charge on any atom is 0.116 e. The highest BCUT2D eigenvalue weighted by Gasteiger charge is 2.19. The molecule has 8 aromatic rings. The molecule has 0 unspecified atom stereocenters. The number of aromatic nitrogens is 5. The monoisotopic (exact) mass is 575 g/mol. The molecule has 0 aliphatic heterocycles. The molecular weight excluding hydrogens is 550 g/mol. The Labute approximate surface area is 259 Å². The molecule has 0 saturated carbocycles. The summed E-state index contributed by atoms with van der Waals surface area (Å²) in [5.74, 6) is 0. The van der Waals surface area contributed by atoms with Crippen molar-refractivity contribution < 1.29 is 0 Å². The predicted octanol–water partition coefficient (Wildman–Crippen LogP) is 9.44. The van der Waals surface area contributed by atoms with E-state index in [1.807, 2.05) is 36.7 Å². The zero-order valence-electron chi connectivity index (χ0n) is 24.2. The van der Waals surface area contributed by atoms with Gasteiger partial charge < -0.3 is 9.13 Å². The Hall–Kier alpha value is -6.29. The summed E-state index contributed by atoms with van der Waals surface area (Å²) < 4.78 is 4.68. The van der Waals surface area contributed by atoms with Crippen LogP contribution in [0.3, 0.4) is 0 Å². The van der Waals surface area contributed by atoms with Gasteiger partial charge in [-0.3, -0.25) is 4.98 Å². The second kappa shape index (κ2) is 10.2. The van der Waals surface area contributed by atoms with E-state index in [0.717, 1.165) is 67.1 Å². The number of pyridine rings is 1. The minimum Gasteiger partial charge on any atom is -0.309 e. The third-order valence-corrected chi connectivity index (χ3v) is 8.55. The molecular formula is C40H25N5. The fourth-order valence-electron chi connectivity index (χ4n) is 6.58. The van der Waals surface area contributed by atoms with Gasteiger partial charge in [0.15, 0.2) is 0 Å². The van der Waals surface area contributed by atoms with Crippen molar-refractivity contribution >= 4 is 44.9 Å². The number of hydrogen-bond acceptors (Lipinski definition) is 3. The zero-order chi connectivity index (χ0) is 29.7. The fraction of sp³-hybridized carbons (Fsp3) is 0. The quantitative estimate of drug-likeness (QED) is 0.196. The van der Waals surface area contributed by atoms with E-state index in [1.54, 1.807) is 6.33 Å². The van der Waals surface area contributed by atoms with Crippen LogP contribution in [0.2, 0.25) is 0 Å². The number of rotatable bonds is 4. The molecule has 4 aromatic heterocycles. The molecule has 210 valence electrons. The predicted molar refractivity (Wildman–Crippen MR) is 183 cm³/mol. The van der Waals surface area contributed by atoms with E-state index in [-0.39, 0.29) is 0 Å². The maximum absolute atomic E-state index is 4.79. The van der Waals surface area contributed by atoms with Crippen molar-refractivity contribution in [2.45, 2.75) is 0 Å². The maximum atomic E-state index is 4.79. The third kappa shape index (κ3) is 4.07. The molecule has 0 amide bonds. The van der Waals surface area contributed by atoms with Gasteiger partial charge in [0.1, 0.15) is 6.33 Å². The standard InChI is InChI=1S/C40H25N5/c1-3-11-27(12-4-1)35-24-36(43-26-42-35)28-21-29(44-37-16-6-2-5-13-31(37)32-14-7-9-17-38(32)44)23-30(22-28)45-39-18-10-8-15-33(39)34-25-41-20-19-40(34)45/h1-4,6-26H. The van der Waals surface area contributed by atoms with Crippen LogP contribution in [0.25, 0.3) is 78.8 Å². The van der Waals surface area contributed by atoms with E-state index in [1.165, 1.54) is 10.8 Å². The average Bonchev–Trinajstić information content (AvgIpc) is 3.49. The molecule has 0 atom stereocenters. The molecule has 0 N–H and O–H groups in total. The summed E-state index contributed by atoms with van der Waals surface area (Å²) in [6.45, 7) is 0. The summed E-state index contributed by atoms with van der Waals surface area (Å²) in [6, 6.07) is 38.2. The minimum atomic E-state index is 0.856. The number of fused-ring (bicyclic) bond motifs is 6. The number of hydrogen-bond donors (Lipinski definition) is 0. The van der Waals surface area contributed by atoms with Crippen molar-refractivity contribution in [3.05, 3.63) is 157 Å². The molecule has 45 heavy (non-hydrogen) atoms. The number of benzene rings is 4. The minimum absolute atomic E-state index is 0.856. The van der Waals surface area contributed by atoms with E-state index in [0.29, 0.717) is 0 Å². The van der Waals surface area contributed by atoms with Crippen LogP contribution < -0.4 is 0 Å². The lowest BCUT2D eigenvalue weighted by atomic mass is 10.1. The van der Waals surface area contributed by atoms with Crippen LogP contribution in [0.5, 0.6) is 0 Å². The van der Waals surface area contributed by atoms with E-state index in [9.17, 15) is 0 Å². The molecule has 9 rings (SSSR count). The lowest BCUT2D eigenvalue weighted by molar-refractivity contribution is 1.08. The normalized spacial score (nSPS) is 12.3. The summed E-state index contributed by atoms with van der Waals surface area (Å²) in [5, 5.41) is 3.47. The second-order valence-electron chi connectivity index (χ2n) is 11.1. The Morgan fingerprint density at radius 1 is 0.578 bits per heavy atom. The summed E-state index contributed by atoms with van der Waals surface area (Å²) in [4.78, 5) is 13.9. The molecule has 5 heteroatoms.